The number of anilines is 1. The SMILES string of the molecule is COC(=O)c1cc(-c2cc(Cl)cc(Cl)c2)ccc1N. The summed E-state index contributed by atoms with van der Waals surface area (Å²) >= 11 is 11.9. The topological polar surface area (TPSA) is 52.3 Å². The minimum absolute atomic E-state index is 0.316. The zero-order valence-corrected chi connectivity index (χ0v) is 11.6. The van der Waals surface area contributed by atoms with E-state index in [-0.39, 0.29) is 0 Å². The Hall–Kier alpha value is -1.71. The second kappa shape index (κ2) is 5.51. The Bertz CT molecular complexity index is 621. The highest BCUT2D eigenvalue weighted by atomic mass is 35.5. The predicted molar refractivity (Wildman–Crippen MR) is 77.6 cm³/mol. The van der Waals surface area contributed by atoms with E-state index in [2.05, 4.69) is 4.74 Å². The summed E-state index contributed by atoms with van der Waals surface area (Å²) in [6.07, 6.45) is 0. The van der Waals surface area contributed by atoms with Gasteiger partial charge in [-0.1, -0.05) is 29.3 Å². The van der Waals surface area contributed by atoms with Gasteiger partial charge in [-0.2, -0.15) is 0 Å². The van der Waals surface area contributed by atoms with E-state index in [0.717, 1.165) is 11.1 Å². The number of rotatable bonds is 2. The number of esters is 1. The summed E-state index contributed by atoms with van der Waals surface area (Å²) in [4.78, 5) is 11.6. The molecule has 19 heavy (non-hydrogen) atoms. The lowest BCUT2D eigenvalue weighted by Crippen LogP contribution is -2.05. The second-order valence-electron chi connectivity index (χ2n) is 3.95. The van der Waals surface area contributed by atoms with Gasteiger partial charge in [0.1, 0.15) is 0 Å². The van der Waals surface area contributed by atoms with Gasteiger partial charge in [0.15, 0.2) is 0 Å². The third-order valence-corrected chi connectivity index (χ3v) is 3.09. The fourth-order valence-corrected chi connectivity index (χ4v) is 2.27. The average Bonchev–Trinajstić information content (AvgIpc) is 2.37. The maximum absolute atomic E-state index is 11.6. The third-order valence-electron chi connectivity index (χ3n) is 2.65. The lowest BCUT2D eigenvalue weighted by atomic mass is 10.0. The molecule has 2 rings (SSSR count). The molecule has 0 unspecified atom stereocenters. The molecule has 98 valence electrons. The molecule has 0 spiro atoms. The van der Waals surface area contributed by atoms with E-state index in [0.29, 0.717) is 21.3 Å². The Labute approximate surface area is 120 Å². The average molecular weight is 296 g/mol. The molecule has 0 aromatic heterocycles. The molecule has 0 aliphatic rings. The van der Waals surface area contributed by atoms with Crippen LogP contribution in [0.2, 0.25) is 10.0 Å². The Morgan fingerprint density at radius 1 is 1.05 bits per heavy atom. The van der Waals surface area contributed by atoms with Crippen molar-refractivity contribution >= 4 is 34.9 Å². The van der Waals surface area contributed by atoms with Gasteiger partial charge in [-0.3, -0.25) is 0 Å². The number of benzene rings is 2. The van der Waals surface area contributed by atoms with Gasteiger partial charge < -0.3 is 10.5 Å². The Balaban J connectivity index is 2.54. The van der Waals surface area contributed by atoms with Crippen LogP contribution in [0.25, 0.3) is 11.1 Å². The summed E-state index contributed by atoms with van der Waals surface area (Å²) in [5.74, 6) is -0.479. The van der Waals surface area contributed by atoms with Gasteiger partial charge in [-0.15, -0.1) is 0 Å². The normalized spacial score (nSPS) is 10.3. The summed E-state index contributed by atoms with van der Waals surface area (Å²) in [5, 5.41) is 1.05. The van der Waals surface area contributed by atoms with E-state index in [1.54, 1.807) is 36.4 Å². The number of carbonyl (C=O) groups is 1. The van der Waals surface area contributed by atoms with Gasteiger partial charge in [-0.25, -0.2) is 4.79 Å². The van der Waals surface area contributed by atoms with Crippen LogP contribution in [0.1, 0.15) is 10.4 Å². The molecule has 0 bridgehead atoms. The molecule has 0 saturated heterocycles. The third kappa shape index (κ3) is 3.00. The molecule has 2 aromatic rings. The minimum Gasteiger partial charge on any atom is -0.465 e. The fraction of sp³-hybridized carbons (Fsp3) is 0.0714. The number of hydrogen-bond acceptors (Lipinski definition) is 3. The minimum atomic E-state index is -0.479. The van der Waals surface area contributed by atoms with Crippen LogP contribution in [0.3, 0.4) is 0 Å². The zero-order valence-electron chi connectivity index (χ0n) is 10.1. The highest BCUT2D eigenvalue weighted by molar-refractivity contribution is 6.35. The first-order valence-corrected chi connectivity index (χ1v) is 6.21. The van der Waals surface area contributed by atoms with Crippen LogP contribution in [0.5, 0.6) is 0 Å². The van der Waals surface area contributed by atoms with Crippen molar-refractivity contribution in [2.24, 2.45) is 0 Å². The van der Waals surface area contributed by atoms with E-state index in [9.17, 15) is 4.79 Å². The van der Waals surface area contributed by atoms with Crippen LogP contribution in [-0.2, 0) is 4.74 Å². The number of nitrogen functional groups attached to an aromatic ring is 1. The summed E-state index contributed by atoms with van der Waals surface area (Å²) < 4.78 is 4.68. The maximum Gasteiger partial charge on any atom is 0.339 e. The molecule has 2 aromatic carbocycles. The van der Waals surface area contributed by atoms with Crippen molar-refractivity contribution in [3.63, 3.8) is 0 Å². The van der Waals surface area contributed by atoms with Crippen LogP contribution in [0.15, 0.2) is 36.4 Å². The molecule has 0 fully saturated rings. The Morgan fingerprint density at radius 2 is 1.68 bits per heavy atom. The van der Waals surface area contributed by atoms with E-state index < -0.39 is 5.97 Å². The number of halogens is 2. The van der Waals surface area contributed by atoms with Gasteiger partial charge in [0, 0.05) is 15.7 Å². The zero-order chi connectivity index (χ0) is 14.0. The molecule has 2 N–H and O–H groups in total. The molecule has 0 radical (unpaired) electrons. The fourth-order valence-electron chi connectivity index (χ4n) is 1.74. The molecule has 0 heterocycles. The number of hydrogen-bond donors (Lipinski definition) is 1. The summed E-state index contributed by atoms with van der Waals surface area (Å²) in [7, 11) is 1.31. The molecular weight excluding hydrogens is 285 g/mol. The van der Waals surface area contributed by atoms with E-state index in [1.165, 1.54) is 7.11 Å². The molecular formula is C14H11Cl2NO2. The maximum atomic E-state index is 11.6. The summed E-state index contributed by atoms with van der Waals surface area (Å²) in [6.45, 7) is 0. The van der Waals surface area contributed by atoms with Crippen molar-refractivity contribution in [1.29, 1.82) is 0 Å². The molecule has 0 atom stereocenters. The standard InChI is InChI=1S/C14H11Cl2NO2/c1-19-14(18)12-6-8(2-3-13(12)17)9-4-10(15)7-11(16)5-9/h2-7H,17H2,1H3. The van der Waals surface area contributed by atoms with Crippen molar-refractivity contribution < 1.29 is 9.53 Å². The van der Waals surface area contributed by atoms with Crippen LogP contribution in [0, 0.1) is 0 Å². The smallest absolute Gasteiger partial charge is 0.339 e. The van der Waals surface area contributed by atoms with Crippen LogP contribution < -0.4 is 5.73 Å². The van der Waals surface area contributed by atoms with Crippen molar-refractivity contribution in [1.82, 2.24) is 0 Å². The molecule has 0 aliphatic carbocycles. The molecule has 3 nitrogen and oxygen atoms in total. The summed E-state index contributed by atoms with van der Waals surface area (Å²) in [5.41, 5.74) is 8.03. The van der Waals surface area contributed by atoms with Gasteiger partial charge in [0.2, 0.25) is 0 Å². The lowest BCUT2D eigenvalue weighted by molar-refractivity contribution is 0.0602. The Kier molecular flexibility index (Phi) is 3.98. The first-order chi connectivity index (χ1) is 9.01. The van der Waals surface area contributed by atoms with Crippen molar-refractivity contribution in [2.45, 2.75) is 0 Å². The molecule has 0 aliphatic heterocycles. The Morgan fingerprint density at radius 3 is 2.26 bits per heavy atom. The number of nitrogens with two attached hydrogens (primary N) is 1. The number of methoxy groups -OCH3 is 1. The quantitative estimate of drug-likeness (QED) is 0.672. The molecule has 5 heteroatoms. The van der Waals surface area contributed by atoms with Gasteiger partial charge in [0.05, 0.1) is 12.7 Å². The van der Waals surface area contributed by atoms with Crippen molar-refractivity contribution in [2.75, 3.05) is 12.8 Å². The van der Waals surface area contributed by atoms with Gasteiger partial charge >= 0.3 is 5.97 Å². The monoisotopic (exact) mass is 295 g/mol. The van der Waals surface area contributed by atoms with E-state index >= 15 is 0 Å². The molecule has 0 amide bonds. The highest BCUT2D eigenvalue weighted by Gasteiger charge is 2.12. The number of ether oxygens (including phenoxy) is 1. The van der Waals surface area contributed by atoms with Crippen LogP contribution in [0.4, 0.5) is 5.69 Å². The second-order valence-corrected chi connectivity index (χ2v) is 4.82. The van der Waals surface area contributed by atoms with Crippen molar-refractivity contribution in [3.05, 3.63) is 52.0 Å². The summed E-state index contributed by atoms with van der Waals surface area (Å²) in [6, 6.07) is 10.3. The largest absolute Gasteiger partial charge is 0.465 e. The number of carbonyl (C=O) groups excluding carboxylic acids is 1. The van der Waals surface area contributed by atoms with Gasteiger partial charge in [-0.05, 0) is 41.5 Å². The predicted octanol–water partition coefficient (Wildman–Crippen LogP) is 4.03. The van der Waals surface area contributed by atoms with Crippen LogP contribution in [-0.4, -0.2) is 13.1 Å². The van der Waals surface area contributed by atoms with Crippen LogP contribution >= 0.6 is 23.2 Å². The molecule has 0 saturated carbocycles. The van der Waals surface area contributed by atoms with E-state index in [1.807, 2.05) is 0 Å². The highest BCUT2D eigenvalue weighted by Crippen LogP contribution is 2.29. The van der Waals surface area contributed by atoms with Gasteiger partial charge in [0.25, 0.3) is 0 Å². The first-order valence-electron chi connectivity index (χ1n) is 5.45. The lowest BCUT2D eigenvalue weighted by Gasteiger charge is -2.08. The van der Waals surface area contributed by atoms with E-state index in [4.69, 9.17) is 28.9 Å². The first kappa shape index (κ1) is 13.7. The van der Waals surface area contributed by atoms with Crippen molar-refractivity contribution in [3.8, 4) is 11.1 Å².